The highest BCUT2D eigenvalue weighted by atomic mass is 16.7. The van der Waals surface area contributed by atoms with E-state index in [0.29, 0.717) is 0 Å². The number of benzene rings is 1. The van der Waals surface area contributed by atoms with Gasteiger partial charge in [0, 0.05) is 62.3 Å². The highest BCUT2D eigenvalue weighted by Crippen LogP contribution is 2.48. The molecule has 1 amide bonds. The van der Waals surface area contributed by atoms with Crippen LogP contribution in [0.15, 0.2) is 47.9 Å². The first-order chi connectivity index (χ1) is 23.3. The number of carbonyl (C=O) groups excluding carboxylic acids is 5. The molecule has 0 spiro atoms. The number of aliphatic hydroxyl groups excluding tert-OH is 2. The first kappa shape index (κ1) is 38.2. The maximum atomic E-state index is 13.9. The third-order valence-electron chi connectivity index (χ3n) is 9.92. The minimum atomic E-state index is -2.03. The Bertz CT molecular complexity index is 1740. The number of aromatic hydroxyl groups is 1. The molecule has 0 aromatic heterocycles. The first-order valence-corrected chi connectivity index (χ1v) is 16.3. The van der Waals surface area contributed by atoms with E-state index in [9.17, 15) is 39.3 Å². The van der Waals surface area contributed by atoms with Gasteiger partial charge in [-0.05, 0) is 26.8 Å². The third kappa shape index (κ3) is 7.03. The summed E-state index contributed by atoms with van der Waals surface area (Å²) in [5.41, 5.74) is -2.62. The summed E-state index contributed by atoms with van der Waals surface area (Å²) < 4.78 is 23.2. The van der Waals surface area contributed by atoms with Gasteiger partial charge in [0.25, 0.3) is 11.7 Å². The van der Waals surface area contributed by atoms with Gasteiger partial charge >= 0.3 is 11.8 Å². The van der Waals surface area contributed by atoms with E-state index in [4.69, 9.17) is 18.9 Å². The van der Waals surface area contributed by atoms with Gasteiger partial charge in [0.1, 0.15) is 17.1 Å². The van der Waals surface area contributed by atoms with E-state index >= 15 is 0 Å². The Labute approximate surface area is 290 Å². The zero-order valence-electron chi connectivity index (χ0n) is 29.7. The van der Waals surface area contributed by atoms with Crippen molar-refractivity contribution >= 4 is 29.2 Å². The van der Waals surface area contributed by atoms with Crippen molar-refractivity contribution in [2.45, 2.75) is 91.5 Å². The van der Waals surface area contributed by atoms with Gasteiger partial charge in [-0.3, -0.25) is 24.0 Å². The SMILES string of the molecule is CO[C@H]1/C=C/O[C@@]2(C)Oc3c(C)c(O)c4c(c3C2=O)C(=O)C=C(NC(=O)/C(C)=C\C=C\[C@H](C)[C@H](O)[C@@H](C)[C@@H](O)C[C@@](C)(OC(C)=O)[C@@H]1C)C4=O. The Morgan fingerprint density at radius 1 is 1.02 bits per heavy atom. The van der Waals surface area contributed by atoms with Crippen molar-refractivity contribution in [3.63, 3.8) is 0 Å². The molecule has 5 rings (SSSR count). The topological polar surface area (TPSA) is 195 Å². The molecule has 13 heteroatoms. The standard InChI is InChI=1S/C37H45NO12/c1-17-11-10-12-18(2)35(46)38-23-15-24(40)27-28(32(23)44)31(43)20(4)33-29(27)34(45)37(8,50-33)48-14-13-26(47-9)21(5)36(7,49-22(6)39)16-25(41)19(3)30(17)42/h10-15,17,19,21,25-26,30,41-43H,16H2,1-9H3,(H,38,46)/b11-10+,14-13+,18-12-/t17-,19-,21+,25-,26-,30-,36+,37-/m0/s1. The number of ether oxygens (including phenoxy) is 4. The first-order valence-electron chi connectivity index (χ1n) is 16.3. The van der Waals surface area contributed by atoms with E-state index in [1.807, 2.05) is 0 Å². The van der Waals surface area contributed by atoms with E-state index < -0.39 is 93.7 Å². The number of hydrogen-bond acceptors (Lipinski definition) is 12. The molecule has 0 fully saturated rings. The molecule has 1 aromatic rings. The minimum Gasteiger partial charge on any atom is -0.507 e. The summed E-state index contributed by atoms with van der Waals surface area (Å²) in [7, 11) is 1.42. The van der Waals surface area contributed by atoms with Gasteiger partial charge in [-0.1, -0.05) is 39.0 Å². The van der Waals surface area contributed by atoms with Crippen LogP contribution in [-0.4, -0.2) is 81.4 Å². The molecule has 4 aliphatic rings. The van der Waals surface area contributed by atoms with E-state index in [1.54, 1.807) is 39.8 Å². The molecular weight excluding hydrogens is 650 g/mol. The zero-order valence-corrected chi connectivity index (χ0v) is 29.7. The average Bonchev–Trinajstić information content (AvgIpc) is 3.31. The number of phenols is 1. The van der Waals surface area contributed by atoms with Gasteiger partial charge in [0.2, 0.25) is 5.78 Å². The van der Waals surface area contributed by atoms with Crippen LogP contribution in [0.5, 0.6) is 11.5 Å². The number of Topliss-reactive ketones (excluding diaryl/α,β-unsaturated/α-hetero) is 2. The number of amides is 1. The molecule has 270 valence electrons. The molecule has 1 aromatic carbocycles. The Balaban J connectivity index is 1.83. The van der Waals surface area contributed by atoms with Crippen LogP contribution in [0.25, 0.3) is 0 Å². The van der Waals surface area contributed by atoms with Gasteiger partial charge in [-0.25, -0.2) is 0 Å². The molecule has 0 radical (unpaired) electrons. The highest BCUT2D eigenvalue weighted by molar-refractivity contribution is 6.30. The monoisotopic (exact) mass is 695 g/mol. The van der Waals surface area contributed by atoms with Crippen LogP contribution in [-0.2, 0) is 23.8 Å². The van der Waals surface area contributed by atoms with Crippen molar-refractivity contribution in [2.75, 3.05) is 7.11 Å². The van der Waals surface area contributed by atoms with Crippen molar-refractivity contribution in [3.05, 3.63) is 70.2 Å². The lowest BCUT2D eigenvalue weighted by Gasteiger charge is -2.40. The number of methoxy groups -OCH3 is 1. The van der Waals surface area contributed by atoms with Crippen molar-refractivity contribution in [2.24, 2.45) is 17.8 Å². The molecule has 3 aliphatic heterocycles. The molecule has 0 unspecified atom stereocenters. The largest absolute Gasteiger partial charge is 0.507 e. The molecule has 3 heterocycles. The molecule has 13 nitrogen and oxygen atoms in total. The van der Waals surface area contributed by atoms with Gasteiger partial charge in [-0.15, -0.1) is 0 Å². The number of phenolic OH excluding ortho intramolecular Hbond substituents is 1. The maximum Gasteiger partial charge on any atom is 0.312 e. The number of nitrogens with one attached hydrogen (secondary N) is 1. The average molecular weight is 696 g/mol. The van der Waals surface area contributed by atoms with Gasteiger partial charge < -0.3 is 39.6 Å². The number of esters is 1. The lowest BCUT2D eigenvalue weighted by molar-refractivity contribution is -0.171. The number of allylic oxidation sites excluding steroid dienone is 4. The van der Waals surface area contributed by atoms with E-state index in [1.165, 1.54) is 47.0 Å². The molecule has 0 saturated carbocycles. The van der Waals surface area contributed by atoms with Crippen LogP contribution in [0.2, 0.25) is 0 Å². The molecule has 4 N–H and O–H groups in total. The quantitative estimate of drug-likeness (QED) is 0.328. The molecule has 50 heavy (non-hydrogen) atoms. The van der Waals surface area contributed by atoms with Crippen molar-refractivity contribution in [1.29, 1.82) is 0 Å². The van der Waals surface area contributed by atoms with Gasteiger partial charge in [0.05, 0.1) is 47.0 Å². The normalized spacial score (nSPS) is 34.5. The summed E-state index contributed by atoms with van der Waals surface area (Å²) in [4.78, 5) is 66.3. The van der Waals surface area contributed by atoms with E-state index in [0.717, 1.165) is 12.3 Å². The molecule has 0 saturated heterocycles. The number of ketones is 3. The minimum absolute atomic E-state index is 0.00787. The fraction of sp³-hybridized carbons (Fsp3) is 0.486. The van der Waals surface area contributed by atoms with Crippen molar-refractivity contribution in [1.82, 2.24) is 5.32 Å². The predicted octanol–water partition coefficient (Wildman–Crippen LogP) is 3.77. The summed E-state index contributed by atoms with van der Waals surface area (Å²) in [5, 5.41) is 35.9. The molecule has 5 bridgehead atoms. The fourth-order valence-electron chi connectivity index (χ4n) is 6.48. The van der Waals surface area contributed by atoms with Crippen LogP contribution < -0.4 is 10.1 Å². The second-order valence-corrected chi connectivity index (χ2v) is 13.6. The highest BCUT2D eigenvalue weighted by Gasteiger charge is 2.52. The molecular formula is C37H45NO12. The lowest BCUT2D eigenvalue weighted by atomic mass is 9.77. The fourth-order valence-corrected chi connectivity index (χ4v) is 6.48. The zero-order chi connectivity index (χ0) is 37.5. The van der Waals surface area contributed by atoms with Crippen LogP contribution >= 0.6 is 0 Å². The maximum absolute atomic E-state index is 13.9. The Morgan fingerprint density at radius 3 is 2.30 bits per heavy atom. The van der Waals surface area contributed by atoms with Gasteiger partial charge in [0.15, 0.2) is 5.78 Å². The van der Waals surface area contributed by atoms with Crippen molar-refractivity contribution < 1.29 is 58.2 Å². The Hall–Kier alpha value is -4.59. The number of fused-ring (bicyclic) bond motifs is 14. The van der Waals surface area contributed by atoms with Gasteiger partial charge in [-0.2, -0.15) is 0 Å². The smallest absolute Gasteiger partial charge is 0.312 e. The number of aliphatic hydroxyl groups is 2. The van der Waals surface area contributed by atoms with Crippen LogP contribution in [0, 0.1) is 24.7 Å². The van der Waals surface area contributed by atoms with Crippen LogP contribution in [0.3, 0.4) is 0 Å². The molecule has 1 aliphatic carbocycles. The molecule has 8 atom stereocenters. The third-order valence-corrected chi connectivity index (χ3v) is 9.92. The summed E-state index contributed by atoms with van der Waals surface area (Å²) >= 11 is 0. The summed E-state index contributed by atoms with van der Waals surface area (Å²) in [6, 6.07) is 0. The lowest BCUT2D eigenvalue weighted by Crippen LogP contribution is -2.48. The summed E-state index contributed by atoms with van der Waals surface area (Å²) in [6.45, 7) is 12.2. The number of rotatable bonds is 2. The Morgan fingerprint density at radius 2 is 1.68 bits per heavy atom. The van der Waals surface area contributed by atoms with Crippen LogP contribution in [0.1, 0.15) is 91.5 Å². The van der Waals surface area contributed by atoms with E-state index in [2.05, 4.69) is 5.32 Å². The van der Waals surface area contributed by atoms with Crippen LogP contribution in [0.4, 0.5) is 0 Å². The summed E-state index contributed by atoms with van der Waals surface area (Å²) in [6.07, 6.45) is 5.11. The second kappa shape index (κ2) is 14.3. The number of hydrogen-bond donors (Lipinski definition) is 4. The second-order valence-electron chi connectivity index (χ2n) is 13.6. The summed E-state index contributed by atoms with van der Waals surface area (Å²) in [5.74, 6) is -8.35. The Kier molecular flexibility index (Phi) is 11.0. The van der Waals surface area contributed by atoms with E-state index in [-0.39, 0.29) is 34.4 Å². The number of carbonyl (C=O) groups is 5. The van der Waals surface area contributed by atoms with Crippen molar-refractivity contribution in [3.8, 4) is 11.5 Å². The predicted molar refractivity (Wildman–Crippen MR) is 179 cm³/mol.